The van der Waals surface area contributed by atoms with Crippen LogP contribution in [0.25, 0.3) is 22.1 Å². The summed E-state index contributed by atoms with van der Waals surface area (Å²) in [6, 6.07) is 4.74. The van der Waals surface area contributed by atoms with E-state index in [1.165, 1.54) is 17.4 Å². The number of carbonyl (C=O) groups excluding carboxylic acids is 1. The maximum Gasteiger partial charge on any atom is 0.289 e. The van der Waals surface area contributed by atoms with Gasteiger partial charge in [0.2, 0.25) is 5.91 Å². The summed E-state index contributed by atoms with van der Waals surface area (Å²) in [6.45, 7) is 0.333. The van der Waals surface area contributed by atoms with Gasteiger partial charge in [0.05, 0.1) is 12.3 Å². The molecule has 3 aromatic rings. The number of alkyl halides is 3. The second-order valence-electron chi connectivity index (χ2n) is 5.70. The third-order valence-corrected chi connectivity index (χ3v) is 5.12. The first-order chi connectivity index (χ1) is 13.0. The first kappa shape index (κ1) is 17.5. The van der Waals surface area contributed by atoms with Crippen molar-refractivity contribution in [2.75, 3.05) is 6.61 Å². The molecule has 0 aliphatic carbocycles. The number of amides is 1. The van der Waals surface area contributed by atoms with Gasteiger partial charge in [-0.2, -0.15) is 5.10 Å². The van der Waals surface area contributed by atoms with E-state index in [0.717, 1.165) is 11.2 Å². The van der Waals surface area contributed by atoms with Gasteiger partial charge in [-0.15, -0.1) is 11.3 Å². The van der Waals surface area contributed by atoms with Crippen molar-refractivity contribution in [2.24, 2.45) is 5.73 Å². The molecule has 1 aliphatic rings. The lowest BCUT2D eigenvalue weighted by Gasteiger charge is -2.09. The van der Waals surface area contributed by atoms with Gasteiger partial charge in [0, 0.05) is 22.4 Å². The Kier molecular flexibility index (Phi) is 4.30. The number of halogens is 3. The molecule has 1 amide bonds. The molecule has 140 valence electrons. The standard InChI is InChI=1S/C16H12F3N5O2S/c17-12(18)13(19)24-15(21-6-22-24)16-23-11-8-2-1-7(14(20)25)5-9(8)26-4-3-10(11)27-16/h1-2,5-6,12-13H,3-4H2,(H2,20,25). The largest absolute Gasteiger partial charge is 0.492 e. The molecular formula is C16H12F3N5O2S. The average molecular weight is 395 g/mol. The second-order valence-corrected chi connectivity index (χ2v) is 6.78. The second kappa shape index (κ2) is 6.65. The fourth-order valence-corrected chi connectivity index (χ4v) is 3.81. The maximum absolute atomic E-state index is 13.8. The number of carbonyl (C=O) groups is 1. The molecule has 0 bridgehead atoms. The molecule has 0 saturated carbocycles. The number of hydrogen-bond donors (Lipinski definition) is 1. The highest BCUT2D eigenvalue weighted by molar-refractivity contribution is 7.15. The van der Waals surface area contributed by atoms with Gasteiger partial charge >= 0.3 is 0 Å². The van der Waals surface area contributed by atoms with Crippen LogP contribution >= 0.6 is 11.3 Å². The fraction of sp³-hybridized carbons (Fsp3) is 0.250. The van der Waals surface area contributed by atoms with E-state index in [2.05, 4.69) is 15.1 Å². The highest BCUT2D eigenvalue weighted by Crippen LogP contribution is 2.40. The van der Waals surface area contributed by atoms with Gasteiger partial charge in [-0.25, -0.2) is 27.8 Å². The molecule has 0 fully saturated rings. The van der Waals surface area contributed by atoms with E-state index < -0.39 is 18.6 Å². The lowest BCUT2D eigenvalue weighted by molar-refractivity contribution is 0.00166. The summed E-state index contributed by atoms with van der Waals surface area (Å²) in [5, 5.41) is 3.83. The molecule has 0 saturated heterocycles. The number of aromatic nitrogens is 4. The molecular weight excluding hydrogens is 383 g/mol. The van der Waals surface area contributed by atoms with E-state index in [-0.39, 0.29) is 10.8 Å². The first-order valence-electron chi connectivity index (χ1n) is 7.84. The molecule has 1 atom stereocenters. The van der Waals surface area contributed by atoms with Crippen molar-refractivity contribution in [3.63, 3.8) is 0 Å². The maximum atomic E-state index is 13.8. The number of nitrogens with zero attached hydrogens (tertiary/aromatic N) is 4. The zero-order valence-electron chi connectivity index (χ0n) is 13.6. The molecule has 1 unspecified atom stereocenters. The van der Waals surface area contributed by atoms with Crippen molar-refractivity contribution in [1.82, 2.24) is 19.7 Å². The lowest BCUT2D eigenvalue weighted by Crippen LogP contribution is -2.15. The smallest absolute Gasteiger partial charge is 0.289 e. The third kappa shape index (κ3) is 3.03. The van der Waals surface area contributed by atoms with Crippen molar-refractivity contribution in [2.45, 2.75) is 19.1 Å². The van der Waals surface area contributed by atoms with Gasteiger partial charge in [-0.3, -0.25) is 4.79 Å². The van der Waals surface area contributed by atoms with Gasteiger partial charge < -0.3 is 10.5 Å². The molecule has 27 heavy (non-hydrogen) atoms. The van der Waals surface area contributed by atoms with E-state index in [0.29, 0.717) is 40.3 Å². The first-order valence-corrected chi connectivity index (χ1v) is 8.66. The van der Waals surface area contributed by atoms with Crippen LogP contribution in [0.5, 0.6) is 5.75 Å². The van der Waals surface area contributed by atoms with Gasteiger partial charge in [0.1, 0.15) is 12.1 Å². The molecule has 1 aliphatic heterocycles. The summed E-state index contributed by atoms with van der Waals surface area (Å²) in [4.78, 5) is 20.5. The van der Waals surface area contributed by atoms with Crippen LogP contribution < -0.4 is 10.5 Å². The van der Waals surface area contributed by atoms with Gasteiger partial charge in [0.25, 0.3) is 12.7 Å². The Morgan fingerprint density at radius 1 is 1.33 bits per heavy atom. The van der Waals surface area contributed by atoms with Crippen molar-refractivity contribution in [3.8, 4) is 27.8 Å². The molecule has 2 N–H and O–H groups in total. The summed E-state index contributed by atoms with van der Waals surface area (Å²) >= 11 is 1.21. The molecule has 7 nitrogen and oxygen atoms in total. The van der Waals surface area contributed by atoms with Crippen LogP contribution in [0.2, 0.25) is 0 Å². The minimum Gasteiger partial charge on any atom is -0.492 e. The zero-order chi connectivity index (χ0) is 19.1. The summed E-state index contributed by atoms with van der Waals surface area (Å²) in [6.07, 6.45) is -4.33. The molecule has 0 radical (unpaired) electrons. The molecule has 0 spiro atoms. The van der Waals surface area contributed by atoms with Crippen LogP contribution in [0.3, 0.4) is 0 Å². The van der Waals surface area contributed by atoms with Gasteiger partial charge in [-0.05, 0) is 18.2 Å². The monoisotopic (exact) mass is 395 g/mol. The topological polar surface area (TPSA) is 95.9 Å². The number of primary amides is 1. The highest BCUT2D eigenvalue weighted by Gasteiger charge is 2.28. The third-order valence-electron chi connectivity index (χ3n) is 4.01. The quantitative estimate of drug-likeness (QED) is 0.733. The fourth-order valence-electron chi connectivity index (χ4n) is 2.76. The van der Waals surface area contributed by atoms with Gasteiger partial charge in [0.15, 0.2) is 10.8 Å². The predicted molar refractivity (Wildman–Crippen MR) is 90.4 cm³/mol. The van der Waals surface area contributed by atoms with E-state index in [1.807, 2.05) is 0 Å². The Balaban J connectivity index is 1.80. The Morgan fingerprint density at radius 3 is 2.89 bits per heavy atom. The Bertz CT molecular complexity index is 1020. The normalized spacial score (nSPS) is 14.2. The number of ether oxygens (including phenoxy) is 1. The Labute approximate surface area is 154 Å². The van der Waals surface area contributed by atoms with E-state index >= 15 is 0 Å². The van der Waals surface area contributed by atoms with Crippen LogP contribution in [0.4, 0.5) is 13.2 Å². The molecule has 4 rings (SSSR count). The number of fused-ring (bicyclic) bond motifs is 3. The number of thiazole rings is 1. The average Bonchev–Trinajstić information content (AvgIpc) is 3.24. The molecule has 3 heterocycles. The number of benzene rings is 1. The van der Waals surface area contributed by atoms with Crippen molar-refractivity contribution in [1.29, 1.82) is 0 Å². The lowest BCUT2D eigenvalue weighted by atomic mass is 10.1. The zero-order valence-corrected chi connectivity index (χ0v) is 14.4. The minimum atomic E-state index is -3.23. The summed E-state index contributed by atoms with van der Waals surface area (Å²) in [5.41, 5.74) is 6.79. The summed E-state index contributed by atoms with van der Waals surface area (Å²) < 4.78 is 45.4. The van der Waals surface area contributed by atoms with Crippen LogP contribution in [-0.4, -0.2) is 38.7 Å². The van der Waals surface area contributed by atoms with Crippen LogP contribution in [-0.2, 0) is 6.42 Å². The van der Waals surface area contributed by atoms with Crippen LogP contribution in [0, 0.1) is 0 Å². The molecule has 11 heteroatoms. The van der Waals surface area contributed by atoms with Crippen molar-refractivity contribution < 1.29 is 22.7 Å². The predicted octanol–water partition coefficient (Wildman–Crippen LogP) is 2.84. The SMILES string of the molecule is NC(=O)c1ccc2c(c1)OCCc1sc(-c3ncnn3C(F)C(F)F)nc1-2. The van der Waals surface area contributed by atoms with E-state index in [9.17, 15) is 18.0 Å². The highest BCUT2D eigenvalue weighted by atomic mass is 32.1. The van der Waals surface area contributed by atoms with E-state index in [1.54, 1.807) is 12.1 Å². The Morgan fingerprint density at radius 2 is 2.15 bits per heavy atom. The van der Waals surface area contributed by atoms with E-state index in [4.69, 9.17) is 10.5 Å². The summed E-state index contributed by atoms with van der Waals surface area (Å²) in [5.74, 6) is -0.213. The van der Waals surface area contributed by atoms with Crippen LogP contribution in [0.1, 0.15) is 21.5 Å². The van der Waals surface area contributed by atoms with Crippen LogP contribution in [0.15, 0.2) is 24.5 Å². The minimum absolute atomic E-state index is 0.0721. The Hall–Kier alpha value is -2.95. The van der Waals surface area contributed by atoms with Crippen molar-refractivity contribution >= 4 is 17.2 Å². The molecule has 2 aromatic heterocycles. The van der Waals surface area contributed by atoms with Crippen molar-refractivity contribution in [3.05, 3.63) is 35.0 Å². The summed E-state index contributed by atoms with van der Waals surface area (Å²) in [7, 11) is 0. The number of nitrogens with two attached hydrogens (primary N) is 1. The number of hydrogen-bond acceptors (Lipinski definition) is 6. The van der Waals surface area contributed by atoms with Gasteiger partial charge in [-0.1, -0.05) is 0 Å². The molecule has 1 aromatic carbocycles. The number of rotatable bonds is 4.